The van der Waals surface area contributed by atoms with Crippen LogP contribution in [0.15, 0.2) is 18.2 Å². The smallest absolute Gasteiger partial charge is 0.416 e. The van der Waals surface area contributed by atoms with Crippen LogP contribution in [0.3, 0.4) is 0 Å². The number of fused-ring (bicyclic) bond motifs is 1. The molecule has 140 valence electrons. The normalized spacial score (nSPS) is 16.4. The Morgan fingerprint density at radius 1 is 1.31 bits per heavy atom. The molecule has 0 atom stereocenters. The van der Waals surface area contributed by atoms with Crippen LogP contribution in [-0.4, -0.2) is 16.2 Å². The van der Waals surface area contributed by atoms with Gasteiger partial charge in [0.15, 0.2) is 0 Å². The number of hydrogen-bond donors (Lipinski definition) is 2. The van der Waals surface area contributed by atoms with Crippen molar-refractivity contribution in [2.45, 2.75) is 45.9 Å². The number of alkyl halides is 3. The van der Waals surface area contributed by atoms with E-state index in [1.165, 1.54) is 17.4 Å². The SMILES string of the molecule is CC1(C)CCc2sc(-c3ccc(C(F)(F)F)cc3CO)c(C(=O)O)c2C1. The second-order valence-corrected chi connectivity index (χ2v) is 8.49. The molecule has 7 heteroatoms. The molecule has 0 saturated heterocycles. The number of halogens is 3. The summed E-state index contributed by atoms with van der Waals surface area (Å²) in [6, 6.07) is 3.09. The molecule has 1 aliphatic rings. The van der Waals surface area contributed by atoms with Crippen molar-refractivity contribution >= 4 is 17.3 Å². The van der Waals surface area contributed by atoms with Crippen LogP contribution in [0.2, 0.25) is 0 Å². The average Bonchev–Trinajstić information content (AvgIpc) is 2.90. The van der Waals surface area contributed by atoms with Crippen molar-refractivity contribution in [1.29, 1.82) is 0 Å². The van der Waals surface area contributed by atoms with Crippen molar-refractivity contribution in [2.75, 3.05) is 0 Å². The van der Waals surface area contributed by atoms with Gasteiger partial charge in [-0.25, -0.2) is 4.79 Å². The van der Waals surface area contributed by atoms with Gasteiger partial charge in [-0.3, -0.25) is 0 Å². The molecule has 0 aliphatic heterocycles. The van der Waals surface area contributed by atoms with Gasteiger partial charge >= 0.3 is 12.1 Å². The number of carbonyl (C=O) groups is 1. The topological polar surface area (TPSA) is 57.5 Å². The molecule has 0 amide bonds. The number of carboxylic acids is 1. The van der Waals surface area contributed by atoms with Gasteiger partial charge in [0, 0.05) is 9.75 Å². The van der Waals surface area contributed by atoms with E-state index in [-0.39, 0.29) is 16.5 Å². The Kier molecular flexibility index (Phi) is 4.65. The summed E-state index contributed by atoms with van der Waals surface area (Å²) in [6.45, 7) is 3.57. The Balaban J connectivity index is 2.19. The van der Waals surface area contributed by atoms with Crippen LogP contribution < -0.4 is 0 Å². The van der Waals surface area contributed by atoms with Crippen molar-refractivity contribution in [3.05, 3.63) is 45.3 Å². The van der Waals surface area contributed by atoms with E-state index in [4.69, 9.17) is 0 Å². The number of aliphatic hydroxyl groups is 1. The van der Waals surface area contributed by atoms with Crippen LogP contribution in [0, 0.1) is 5.41 Å². The van der Waals surface area contributed by atoms with E-state index in [1.54, 1.807) is 0 Å². The summed E-state index contributed by atoms with van der Waals surface area (Å²) in [6.07, 6.45) is -2.21. The van der Waals surface area contributed by atoms with Gasteiger partial charge in [0.05, 0.1) is 17.7 Å². The average molecular weight is 384 g/mol. The highest BCUT2D eigenvalue weighted by Crippen LogP contribution is 2.46. The van der Waals surface area contributed by atoms with E-state index >= 15 is 0 Å². The maximum atomic E-state index is 12.9. The number of aromatic carboxylic acids is 1. The van der Waals surface area contributed by atoms with Gasteiger partial charge in [-0.1, -0.05) is 19.9 Å². The zero-order valence-corrected chi connectivity index (χ0v) is 15.2. The molecule has 0 spiro atoms. The van der Waals surface area contributed by atoms with Crippen LogP contribution in [0.4, 0.5) is 13.2 Å². The van der Waals surface area contributed by atoms with E-state index in [9.17, 15) is 28.2 Å². The molecule has 1 aromatic carbocycles. The van der Waals surface area contributed by atoms with Crippen molar-refractivity contribution < 1.29 is 28.2 Å². The number of rotatable bonds is 3. The molecule has 0 fully saturated rings. The molecule has 3 nitrogen and oxygen atoms in total. The summed E-state index contributed by atoms with van der Waals surface area (Å²) in [5.74, 6) is -1.08. The first-order valence-corrected chi connectivity index (χ1v) is 9.04. The summed E-state index contributed by atoms with van der Waals surface area (Å²) in [7, 11) is 0. The number of carboxylic acid groups (broad SMARTS) is 1. The number of benzene rings is 1. The maximum absolute atomic E-state index is 12.9. The molecular weight excluding hydrogens is 365 g/mol. The first kappa shape index (κ1) is 18.9. The zero-order chi connectivity index (χ0) is 19.3. The highest BCUT2D eigenvalue weighted by Gasteiger charge is 2.35. The maximum Gasteiger partial charge on any atom is 0.416 e. The summed E-state index contributed by atoms with van der Waals surface area (Å²) in [4.78, 5) is 13.3. The van der Waals surface area contributed by atoms with Gasteiger partial charge in [-0.05, 0) is 53.5 Å². The van der Waals surface area contributed by atoms with Crippen LogP contribution in [0.1, 0.15) is 52.2 Å². The molecular formula is C19H19F3O3S. The van der Waals surface area contributed by atoms with Crippen molar-refractivity contribution in [1.82, 2.24) is 0 Å². The molecule has 2 N–H and O–H groups in total. The third-order valence-electron chi connectivity index (χ3n) is 4.84. The fraction of sp³-hybridized carbons (Fsp3) is 0.421. The third-order valence-corrected chi connectivity index (χ3v) is 6.16. The Hall–Kier alpha value is -1.86. The van der Waals surface area contributed by atoms with E-state index in [0.717, 1.165) is 35.4 Å². The summed E-state index contributed by atoms with van der Waals surface area (Å²) in [5, 5.41) is 19.3. The van der Waals surface area contributed by atoms with Crippen LogP contribution in [0.25, 0.3) is 10.4 Å². The molecule has 1 aliphatic carbocycles. The van der Waals surface area contributed by atoms with Crippen molar-refractivity contribution in [2.24, 2.45) is 5.41 Å². The van der Waals surface area contributed by atoms with Gasteiger partial charge in [0.1, 0.15) is 0 Å². The second-order valence-electron chi connectivity index (χ2n) is 7.38. The minimum absolute atomic E-state index is 0.0184. The Morgan fingerprint density at radius 2 is 2.00 bits per heavy atom. The predicted molar refractivity (Wildman–Crippen MR) is 93.4 cm³/mol. The lowest BCUT2D eigenvalue weighted by Crippen LogP contribution is -2.22. The lowest BCUT2D eigenvalue weighted by atomic mass is 9.76. The third kappa shape index (κ3) is 3.38. The minimum Gasteiger partial charge on any atom is -0.478 e. The van der Waals surface area contributed by atoms with Gasteiger partial charge in [0.25, 0.3) is 0 Å². The largest absolute Gasteiger partial charge is 0.478 e. The lowest BCUT2D eigenvalue weighted by Gasteiger charge is -2.29. The first-order chi connectivity index (χ1) is 12.0. The van der Waals surface area contributed by atoms with Crippen molar-refractivity contribution in [3.63, 3.8) is 0 Å². The molecule has 0 bridgehead atoms. The van der Waals surface area contributed by atoms with E-state index in [0.29, 0.717) is 16.9 Å². The second kappa shape index (κ2) is 6.39. The number of hydrogen-bond acceptors (Lipinski definition) is 3. The first-order valence-electron chi connectivity index (χ1n) is 8.22. The Labute approximate surface area is 153 Å². The molecule has 1 heterocycles. The number of aryl methyl sites for hydroxylation is 1. The predicted octanol–water partition coefficient (Wildman–Crippen LogP) is 5.14. The summed E-state index contributed by atoms with van der Waals surface area (Å²) in [5.41, 5.74) is 0.500. The fourth-order valence-corrected chi connectivity index (χ4v) is 4.83. The standard InChI is InChI=1S/C19H19F3O3S/c1-18(2)6-5-14-13(8-18)15(17(24)25)16(26-14)12-4-3-11(19(20,21)22)7-10(12)9-23/h3-4,7,23H,5-6,8-9H2,1-2H3,(H,24,25). The Morgan fingerprint density at radius 3 is 2.58 bits per heavy atom. The highest BCUT2D eigenvalue weighted by atomic mass is 32.1. The highest BCUT2D eigenvalue weighted by molar-refractivity contribution is 7.16. The van der Waals surface area contributed by atoms with E-state index in [2.05, 4.69) is 13.8 Å². The molecule has 0 saturated carbocycles. The monoisotopic (exact) mass is 384 g/mol. The van der Waals surface area contributed by atoms with Gasteiger partial charge < -0.3 is 10.2 Å². The molecule has 1 aromatic heterocycles. The zero-order valence-electron chi connectivity index (χ0n) is 14.4. The van der Waals surface area contributed by atoms with Gasteiger partial charge in [0.2, 0.25) is 0 Å². The quantitative estimate of drug-likeness (QED) is 0.770. The van der Waals surface area contributed by atoms with Crippen molar-refractivity contribution in [3.8, 4) is 10.4 Å². The van der Waals surface area contributed by atoms with E-state index in [1.807, 2.05) is 0 Å². The van der Waals surface area contributed by atoms with Gasteiger partial charge in [-0.2, -0.15) is 13.2 Å². The summed E-state index contributed by atoms with van der Waals surface area (Å²) >= 11 is 1.31. The fourth-order valence-electron chi connectivity index (χ4n) is 3.46. The minimum atomic E-state index is -4.52. The van der Waals surface area contributed by atoms with Crippen LogP contribution in [0.5, 0.6) is 0 Å². The van der Waals surface area contributed by atoms with Crippen LogP contribution >= 0.6 is 11.3 Å². The molecule has 0 unspecified atom stereocenters. The Bertz CT molecular complexity index is 866. The van der Waals surface area contributed by atoms with Gasteiger partial charge in [-0.15, -0.1) is 11.3 Å². The van der Waals surface area contributed by atoms with E-state index < -0.39 is 24.3 Å². The number of aliphatic hydroxyl groups excluding tert-OH is 1. The lowest BCUT2D eigenvalue weighted by molar-refractivity contribution is -0.137. The molecule has 26 heavy (non-hydrogen) atoms. The van der Waals surface area contributed by atoms with Crippen LogP contribution in [-0.2, 0) is 25.6 Å². The summed E-state index contributed by atoms with van der Waals surface area (Å²) < 4.78 is 38.8. The molecule has 0 radical (unpaired) electrons. The molecule has 2 aromatic rings. The number of thiophene rings is 1. The molecule has 3 rings (SSSR count).